The molecule has 0 aromatic heterocycles. The first kappa shape index (κ1) is 10.8. The predicted molar refractivity (Wildman–Crippen MR) is 59.9 cm³/mol. The Morgan fingerprint density at radius 2 is 0.846 bits per heavy atom. The Morgan fingerprint density at radius 1 is 0.538 bits per heavy atom. The Balaban J connectivity index is 0. The van der Waals surface area contributed by atoms with Crippen LogP contribution in [0.4, 0.5) is 0 Å². The summed E-state index contributed by atoms with van der Waals surface area (Å²) in [4.78, 5) is 0. The zero-order chi connectivity index (χ0) is 8.23. The van der Waals surface area contributed by atoms with Gasteiger partial charge < -0.3 is 2.85 Å². The second-order valence-electron chi connectivity index (χ2n) is 2.73. The van der Waals surface area contributed by atoms with Crippen LogP contribution in [0, 0.1) is 0 Å². The Morgan fingerprint density at radius 3 is 1.15 bits per heavy atom. The molecule has 2 aromatic rings. The molecule has 0 unspecified atom stereocenters. The maximum Gasteiger partial charge on any atom is 2.00 e. The van der Waals surface area contributed by atoms with E-state index in [4.69, 9.17) is 0 Å². The first-order chi connectivity index (χ1) is 5.97. The fourth-order valence-electron chi connectivity index (χ4n) is 1.26. The van der Waals surface area contributed by atoms with E-state index in [1.807, 2.05) is 12.1 Å². The molecular formula is C12H12Ca. The van der Waals surface area contributed by atoms with Crippen molar-refractivity contribution >= 4 is 37.7 Å². The molecule has 0 radical (unpaired) electrons. The van der Waals surface area contributed by atoms with E-state index >= 15 is 0 Å². The van der Waals surface area contributed by atoms with Crippen molar-refractivity contribution in [2.45, 2.75) is 0 Å². The zero-order valence-corrected chi connectivity index (χ0v) is 9.69. The SMILES string of the molecule is [Ca+2].[H-].[H-].c1ccc(-c2ccccc2)cc1. The van der Waals surface area contributed by atoms with Crippen LogP contribution in [0.3, 0.4) is 0 Å². The molecular weight excluding hydrogens is 184 g/mol. The Kier molecular flexibility index (Phi) is 4.51. The molecule has 1 heteroatoms. The molecule has 0 N–H and O–H groups in total. The van der Waals surface area contributed by atoms with E-state index in [0.717, 1.165) is 0 Å². The summed E-state index contributed by atoms with van der Waals surface area (Å²) in [6, 6.07) is 20.8. The van der Waals surface area contributed by atoms with Crippen LogP contribution in [-0.2, 0) is 0 Å². The van der Waals surface area contributed by atoms with Crippen LogP contribution in [0.2, 0.25) is 0 Å². The van der Waals surface area contributed by atoms with Gasteiger partial charge >= 0.3 is 37.7 Å². The largest absolute Gasteiger partial charge is 2.00 e. The average Bonchev–Trinajstić information content (AvgIpc) is 2.21. The minimum absolute atomic E-state index is 0. The van der Waals surface area contributed by atoms with Gasteiger partial charge in [0.1, 0.15) is 0 Å². The molecule has 0 saturated heterocycles. The number of hydrogen-bond acceptors (Lipinski definition) is 0. The molecule has 62 valence electrons. The molecule has 0 bridgehead atoms. The van der Waals surface area contributed by atoms with E-state index < -0.39 is 0 Å². The third kappa shape index (κ3) is 2.84. The van der Waals surface area contributed by atoms with Crippen LogP contribution in [-0.4, -0.2) is 37.7 Å². The van der Waals surface area contributed by atoms with Gasteiger partial charge in [0, 0.05) is 0 Å². The topological polar surface area (TPSA) is 0 Å². The molecule has 0 amide bonds. The summed E-state index contributed by atoms with van der Waals surface area (Å²) >= 11 is 0. The zero-order valence-electron chi connectivity index (χ0n) is 9.48. The van der Waals surface area contributed by atoms with Gasteiger partial charge in [-0.05, 0) is 11.1 Å². The average molecular weight is 196 g/mol. The van der Waals surface area contributed by atoms with Gasteiger partial charge in [0.15, 0.2) is 0 Å². The van der Waals surface area contributed by atoms with Crippen molar-refractivity contribution < 1.29 is 2.85 Å². The molecule has 0 nitrogen and oxygen atoms in total. The second kappa shape index (κ2) is 5.43. The van der Waals surface area contributed by atoms with E-state index in [1.54, 1.807) is 0 Å². The van der Waals surface area contributed by atoms with Gasteiger partial charge in [-0.1, -0.05) is 60.7 Å². The molecule has 0 saturated carbocycles. The Hall–Kier alpha value is -0.300. The summed E-state index contributed by atoms with van der Waals surface area (Å²) in [6.45, 7) is 0. The summed E-state index contributed by atoms with van der Waals surface area (Å²) in [6.07, 6.45) is 0. The van der Waals surface area contributed by atoms with Crippen molar-refractivity contribution in [3.8, 4) is 11.1 Å². The van der Waals surface area contributed by atoms with Crippen LogP contribution in [0.25, 0.3) is 11.1 Å². The van der Waals surface area contributed by atoms with Gasteiger partial charge in [0.05, 0.1) is 0 Å². The van der Waals surface area contributed by atoms with E-state index in [0.29, 0.717) is 0 Å². The van der Waals surface area contributed by atoms with Gasteiger partial charge in [0.25, 0.3) is 0 Å². The van der Waals surface area contributed by atoms with Crippen LogP contribution < -0.4 is 0 Å². The summed E-state index contributed by atoms with van der Waals surface area (Å²) in [5, 5.41) is 0. The fourth-order valence-corrected chi connectivity index (χ4v) is 1.26. The van der Waals surface area contributed by atoms with Crippen molar-refractivity contribution in [1.29, 1.82) is 0 Å². The molecule has 0 aliphatic heterocycles. The van der Waals surface area contributed by atoms with E-state index in [9.17, 15) is 0 Å². The summed E-state index contributed by atoms with van der Waals surface area (Å²) < 4.78 is 0. The standard InChI is InChI=1S/C12H10.Ca.2H/c1-3-7-11(8-4-1)12-9-5-2-6-10-12;;;/h1-10H;;;/q;+2;2*-1. The van der Waals surface area contributed by atoms with Crippen LogP contribution in [0.15, 0.2) is 60.7 Å². The fraction of sp³-hybridized carbons (Fsp3) is 0. The maximum atomic E-state index is 2.12. The quantitative estimate of drug-likeness (QED) is 0.614. The molecule has 2 rings (SSSR count). The summed E-state index contributed by atoms with van der Waals surface area (Å²) in [5.41, 5.74) is 2.55. The summed E-state index contributed by atoms with van der Waals surface area (Å²) in [5.74, 6) is 0. The Labute approximate surface area is 112 Å². The molecule has 2 aromatic carbocycles. The van der Waals surface area contributed by atoms with Gasteiger partial charge in [0.2, 0.25) is 0 Å². The normalized spacial score (nSPS) is 8.92. The van der Waals surface area contributed by atoms with E-state index in [2.05, 4.69) is 48.5 Å². The summed E-state index contributed by atoms with van der Waals surface area (Å²) in [7, 11) is 0. The number of hydrogen-bond donors (Lipinski definition) is 0. The molecule has 13 heavy (non-hydrogen) atoms. The van der Waals surface area contributed by atoms with E-state index in [-0.39, 0.29) is 40.6 Å². The monoisotopic (exact) mass is 196 g/mol. The third-order valence-corrected chi connectivity index (χ3v) is 1.88. The Bertz CT molecular complexity index is 311. The first-order valence-corrected chi connectivity index (χ1v) is 4.07. The van der Waals surface area contributed by atoms with Crippen LogP contribution in [0.5, 0.6) is 0 Å². The van der Waals surface area contributed by atoms with Crippen molar-refractivity contribution in [1.82, 2.24) is 0 Å². The number of rotatable bonds is 1. The van der Waals surface area contributed by atoms with Crippen LogP contribution >= 0.6 is 0 Å². The predicted octanol–water partition coefficient (Wildman–Crippen LogP) is 3.20. The number of benzene rings is 2. The van der Waals surface area contributed by atoms with Gasteiger partial charge in [-0.15, -0.1) is 0 Å². The molecule has 0 heterocycles. The minimum Gasteiger partial charge on any atom is -1.00 e. The third-order valence-electron chi connectivity index (χ3n) is 1.88. The minimum atomic E-state index is 0. The molecule has 0 atom stereocenters. The van der Waals surface area contributed by atoms with Gasteiger partial charge in [-0.2, -0.15) is 0 Å². The van der Waals surface area contributed by atoms with Crippen molar-refractivity contribution in [3.63, 3.8) is 0 Å². The molecule has 0 aliphatic rings. The molecule has 0 fully saturated rings. The van der Waals surface area contributed by atoms with Crippen LogP contribution in [0.1, 0.15) is 2.85 Å². The smallest absolute Gasteiger partial charge is 1.00 e. The van der Waals surface area contributed by atoms with Gasteiger partial charge in [-0.3, -0.25) is 0 Å². The van der Waals surface area contributed by atoms with Crippen molar-refractivity contribution in [2.75, 3.05) is 0 Å². The molecule has 0 aliphatic carbocycles. The first-order valence-electron chi connectivity index (χ1n) is 4.07. The van der Waals surface area contributed by atoms with Crippen molar-refractivity contribution in [2.24, 2.45) is 0 Å². The maximum absolute atomic E-state index is 2.12. The van der Waals surface area contributed by atoms with Gasteiger partial charge in [-0.25, -0.2) is 0 Å². The molecule has 0 spiro atoms. The van der Waals surface area contributed by atoms with E-state index in [1.165, 1.54) is 11.1 Å². The second-order valence-corrected chi connectivity index (χ2v) is 2.73. The van der Waals surface area contributed by atoms with Crippen molar-refractivity contribution in [3.05, 3.63) is 60.7 Å².